The molecule has 1 N–H and O–H groups in total. The first-order valence-electron chi connectivity index (χ1n) is 8.62. The third-order valence-electron chi connectivity index (χ3n) is 4.14. The third kappa shape index (κ3) is 4.77. The molecule has 28 heavy (non-hydrogen) atoms. The molecule has 3 rings (SSSR count). The number of benzene rings is 1. The number of rotatable bonds is 5. The van der Waals surface area contributed by atoms with Crippen LogP contribution in [0.3, 0.4) is 0 Å². The van der Waals surface area contributed by atoms with E-state index in [9.17, 15) is 4.57 Å². The van der Waals surface area contributed by atoms with Gasteiger partial charge >= 0.3 is 0 Å². The van der Waals surface area contributed by atoms with Crippen molar-refractivity contribution in [2.75, 3.05) is 18.6 Å². The Morgan fingerprint density at radius 3 is 2.39 bits per heavy atom. The highest BCUT2D eigenvalue weighted by Gasteiger charge is 2.19. The lowest BCUT2D eigenvalue weighted by molar-refractivity contribution is 0.588. The Morgan fingerprint density at radius 2 is 1.79 bits per heavy atom. The highest BCUT2D eigenvalue weighted by molar-refractivity contribution is 9.10. The second-order valence-electron chi connectivity index (χ2n) is 7.04. The summed E-state index contributed by atoms with van der Waals surface area (Å²) in [6.45, 7) is 7.64. The van der Waals surface area contributed by atoms with Gasteiger partial charge in [0.15, 0.2) is 5.82 Å². The van der Waals surface area contributed by atoms with Crippen molar-refractivity contribution in [1.82, 2.24) is 19.9 Å². The van der Waals surface area contributed by atoms with Gasteiger partial charge in [-0.2, -0.15) is 4.98 Å². The van der Waals surface area contributed by atoms with Crippen LogP contribution in [0.1, 0.15) is 25.3 Å². The summed E-state index contributed by atoms with van der Waals surface area (Å²) >= 11 is 9.30. The van der Waals surface area contributed by atoms with E-state index in [4.69, 9.17) is 11.6 Å². The first kappa shape index (κ1) is 20.9. The molecule has 1 aromatic carbocycles. The maximum Gasteiger partial charge on any atom is 0.224 e. The van der Waals surface area contributed by atoms with Gasteiger partial charge in [-0.25, -0.2) is 15.0 Å². The number of nitrogens with zero attached hydrogens (tertiary/aromatic N) is 4. The monoisotopic (exact) mass is 479 g/mol. The minimum Gasteiger partial charge on any atom is -0.339 e. The Morgan fingerprint density at radius 1 is 1.11 bits per heavy atom. The predicted octanol–water partition coefficient (Wildman–Crippen LogP) is 5.46. The fourth-order valence-electron chi connectivity index (χ4n) is 2.57. The Labute approximate surface area is 177 Å². The minimum atomic E-state index is -2.60. The Bertz CT molecular complexity index is 1050. The van der Waals surface area contributed by atoms with Gasteiger partial charge in [0.25, 0.3) is 0 Å². The molecule has 3 aromatic rings. The standard InChI is InChI=1S/C19H20BrClN5OP/c1-11(2)13-8-22-17(23-9-13)12-5-6-15(16(7-12)28(3,4)27)25-18-14(20)10-24-19(21)26-18/h5-11H,1-4H3,(H,24,25,26). The molecule has 0 radical (unpaired) electrons. The summed E-state index contributed by atoms with van der Waals surface area (Å²) in [5.41, 5.74) is 2.57. The van der Waals surface area contributed by atoms with Crippen molar-refractivity contribution in [3.05, 3.63) is 52.1 Å². The molecule has 0 saturated heterocycles. The lowest BCUT2D eigenvalue weighted by Crippen LogP contribution is -2.11. The first-order chi connectivity index (χ1) is 13.1. The molecule has 0 bridgehead atoms. The largest absolute Gasteiger partial charge is 0.339 e. The number of anilines is 2. The van der Waals surface area contributed by atoms with Gasteiger partial charge in [0, 0.05) is 29.5 Å². The Hall–Kier alpha value is -1.82. The summed E-state index contributed by atoms with van der Waals surface area (Å²) in [5, 5.41) is 4.00. The minimum absolute atomic E-state index is 0.124. The van der Waals surface area contributed by atoms with Crippen molar-refractivity contribution in [1.29, 1.82) is 0 Å². The third-order valence-corrected chi connectivity index (χ3v) is 6.44. The van der Waals surface area contributed by atoms with Gasteiger partial charge in [0.05, 0.1) is 10.2 Å². The number of halogens is 2. The maximum atomic E-state index is 13.0. The van der Waals surface area contributed by atoms with Crippen LogP contribution in [0, 0.1) is 0 Å². The molecule has 2 aromatic heterocycles. The molecule has 2 heterocycles. The quantitative estimate of drug-likeness (QED) is 0.385. The van der Waals surface area contributed by atoms with E-state index in [1.807, 2.05) is 30.6 Å². The zero-order valence-corrected chi connectivity index (χ0v) is 19.2. The fourth-order valence-corrected chi connectivity index (χ4v) is 4.15. The van der Waals surface area contributed by atoms with Crippen molar-refractivity contribution in [3.8, 4) is 11.4 Å². The van der Waals surface area contributed by atoms with Gasteiger partial charge in [-0.3, -0.25) is 0 Å². The smallest absolute Gasteiger partial charge is 0.224 e. The van der Waals surface area contributed by atoms with E-state index in [0.717, 1.165) is 11.1 Å². The summed E-state index contributed by atoms with van der Waals surface area (Å²) in [7, 11) is -2.60. The number of hydrogen-bond acceptors (Lipinski definition) is 6. The molecule has 6 nitrogen and oxygen atoms in total. The zero-order valence-electron chi connectivity index (χ0n) is 15.9. The van der Waals surface area contributed by atoms with E-state index in [-0.39, 0.29) is 5.28 Å². The van der Waals surface area contributed by atoms with Crippen LogP contribution in [-0.4, -0.2) is 33.3 Å². The number of hydrogen-bond donors (Lipinski definition) is 1. The van der Waals surface area contributed by atoms with Gasteiger partial charge in [-0.05, 0) is 70.5 Å². The van der Waals surface area contributed by atoms with Crippen molar-refractivity contribution in [2.24, 2.45) is 0 Å². The summed E-state index contributed by atoms with van der Waals surface area (Å²) in [6.07, 6.45) is 5.22. The van der Waals surface area contributed by atoms with Crippen LogP contribution in [0.5, 0.6) is 0 Å². The van der Waals surface area contributed by atoms with Crippen LogP contribution in [0.2, 0.25) is 5.28 Å². The molecule has 0 fully saturated rings. The molecule has 9 heteroatoms. The normalized spacial score (nSPS) is 11.7. The molecule has 0 saturated carbocycles. The lowest BCUT2D eigenvalue weighted by atomic mass is 10.1. The predicted molar refractivity (Wildman–Crippen MR) is 119 cm³/mol. The molecule has 0 aliphatic heterocycles. The van der Waals surface area contributed by atoms with Crippen LogP contribution >= 0.6 is 34.7 Å². The SMILES string of the molecule is CC(C)c1cnc(-c2ccc(Nc3nc(Cl)ncc3Br)c(P(C)(C)=O)c2)nc1. The van der Waals surface area contributed by atoms with Gasteiger partial charge < -0.3 is 9.88 Å². The van der Waals surface area contributed by atoms with Crippen LogP contribution in [0.4, 0.5) is 11.5 Å². The molecular weight excluding hydrogens is 461 g/mol. The Balaban J connectivity index is 2.03. The van der Waals surface area contributed by atoms with Crippen molar-refractivity contribution < 1.29 is 4.57 Å². The molecule has 0 spiro atoms. The topological polar surface area (TPSA) is 80.7 Å². The average Bonchev–Trinajstić information content (AvgIpc) is 2.64. The lowest BCUT2D eigenvalue weighted by Gasteiger charge is -2.17. The highest BCUT2D eigenvalue weighted by atomic mass is 79.9. The van der Waals surface area contributed by atoms with Gasteiger partial charge in [0.1, 0.15) is 13.0 Å². The second-order valence-corrected chi connectivity index (χ2v) is 11.4. The average molecular weight is 481 g/mol. The van der Waals surface area contributed by atoms with Crippen LogP contribution in [0.15, 0.2) is 41.3 Å². The molecule has 0 aliphatic carbocycles. The summed E-state index contributed by atoms with van der Waals surface area (Å²) < 4.78 is 13.6. The second kappa shape index (κ2) is 8.27. The van der Waals surface area contributed by atoms with E-state index in [1.165, 1.54) is 0 Å². The maximum absolute atomic E-state index is 13.0. The highest BCUT2D eigenvalue weighted by Crippen LogP contribution is 2.40. The molecule has 0 amide bonds. The van der Waals surface area contributed by atoms with E-state index >= 15 is 0 Å². The first-order valence-corrected chi connectivity index (χ1v) is 12.4. The zero-order chi connectivity index (χ0) is 20.5. The number of aromatic nitrogens is 4. The summed E-state index contributed by atoms with van der Waals surface area (Å²) in [6, 6.07) is 5.61. The molecule has 0 atom stereocenters. The van der Waals surface area contributed by atoms with Gasteiger partial charge in [0.2, 0.25) is 5.28 Å². The summed E-state index contributed by atoms with van der Waals surface area (Å²) in [4.78, 5) is 17.0. The van der Waals surface area contributed by atoms with Gasteiger partial charge in [-0.15, -0.1) is 0 Å². The van der Waals surface area contributed by atoms with Crippen molar-refractivity contribution in [3.63, 3.8) is 0 Å². The van der Waals surface area contributed by atoms with E-state index < -0.39 is 7.14 Å². The molecular formula is C19H20BrClN5OP. The van der Waals surface area contributed by atoms with Gasteiger partial charge in [-0.1, -0.05) is 13.8 Å². The van der Waals surface area contributed by atoms with E-state index in [0.29, 0.717) is 33.0 Å². The van der Waals surface area contributed by atoms with E-state index in [1.54, 1.807) is 19.5 Å². The number of nitrogens with one attached hydrogen (secondary N) is 1. The Kier molecular flexibility index (Phi) is 6.18. The van der Waals surface area contributed by atoms with Crippen LogP contribution in [-0.2, 0) is 4.57 Å². The van der Waals surface area contributed by atoms with Crippen LogP contribution in [0.25, 0.3) is 11.4 Å². The molecule has 0 aliphatic rings. The van der Waals surface area contributed by atoms with Crippen LogP contribution < -0.4 is 10.6 Å². The van der Waals surface area contributed by atoms with Crippen molar-refractivity contribution in [2.45, 2.75) is 19.8 Å². The fraction of sp³-hybridized carbons (Fsp3) is 0.263. The van der Waals surface area contributed by atoms with E-state index in [2.05, 4.69) is 55.0 Å². The van der Waals surface area contributed by atoms with Crippen molar-refractivity contribution >= 4 is 51.5 Å². The summed E-state index contributed by atoms with van der Waals surface area (Å²) in [5.74, 6) is 1.46. The molecule has 0 unspecified atom stereocenters. The molecule has 146 valence electrons.